The van der Waals surface area contributed by atoms with E-state index in [0.717, 1.165) is 33.4 Å². The number of ether oxygens (including phenoxy) is 2. The Bertz CT molecular complexity index is 1850. The SMILES string of the molecule is Cc1cc(OC/C=C(\c2ccc(C#CCn3cccn3)cc2)c2ccc(-c3ccc(C(C)(C)C)cc3)cc2)ccc1OCC(=O)O. The van der Waals surface area contributed by atoms with Crippen LogP contribution in [0.25, 0.3) is 16.7 Å². The molecule has 0 atom stereocenters. The number of carboxylic acids is 1. The average molecular weight is 611 g/mol. The zero-order valence-corrected chi connectivity index (χ0v) is 26.7. The molecule has 6 nitrogen and oxygen atoms in total. The minimum absolute atomic E-state index is 0.111. The van der Waals surface area contributed by atoms with Crippen LogP contribution in [0.4, 0.5) is 0 Å². The Morgan fingerprint density at radius 3 is 2.13 bits per heavy atom. The zero-order chi connectivity index (χ0) is 32.5. The van der Waals surface area contributed by atoms with Gasteiger partial charge in [-0.05, 0) is 93.8 Å². The van der Waals surface area contributed by atoms with Gasteiger partial charge in [0.15, 0.2) is 6.61 Å². The Morgan fingerprint density at radius 2 is 1.54 bits per heavy atom. The number of carbonyl (C=O) groups is 1. The van der Waals surface area contributed by atoms with Crippen molar-refractivity contribution in [1.29, 1.82) is 0 Å². The number of aromatic nitrogens is 2. The number of nitrogens with zero attached hydrogens (tertiary/aromatic N) is 2. The summed E-state index contributed by atoms with van der Waals surface area (Å²) in [6, 6.07) is 32.9. The lowest BCUT2D eigenvalue weighted by atomic mass is 9.86. The van der Waals surface area contributed by atoms with Crippen LogP contribution >= 0.6 is 0 Å². The summed E-state index contributed by atoms with van der Waals surface area (Å²) in [5.74, 6) is 6.57. The first-order chi connectivity index (χ1) is 22.2. The topological polar surface area (TPSA) is 73.6 Å². The summed E-state index contributed by atoms with van der Waals surface area (Å²) < 4.78 is 13.2. The number of aliphatic carboxylic acids is 1. The van der Waals surface area contributed by atoms with Crippen molar-refractivity contribution in [2.24, 2.45) is 0 Å². The molecule has 0 fully saturated rings. The third-order valence-electron chi connectivity index (χ3n) is 7.54. The minimum atomic E-state index is -1.02. The predicted octanol–water partition coefficient (Wildman–Crippen LogP) is 8.18. The molecule has 0 bridgehead atoms. The maximum absolute atomic E-state index is 10.9. The molecule has 232 valence electrons. The summed E-state index contributed by atoms with van der Waals surface area (Å²) >= 11 is 0. The molecule has 1 heterocycles. The standard InChI is InChI=1S/C40H38N2O4/c1-29-27-36(20-21-38(29)46-28-39(43)44)45-26-22-37(33-10-8-30(9-11-33)7-5-24-42-25-6-23-41-42)34-14-12-31(13-15-34)32-16-18-35(19-17-32)40(2,3)4/h6,8-23,25,27H,24,26,28H2,1-4H3,(H,43,44)/b37-22+. The molecule has 0 spiro atoms. The molecule has 0 aliphatic carbocycles. The molecule has 5 rings (SSSR count). The molecular weight excluding hydrogens is 572 g/mol. The van der Waals surface area contributed by atoms with Crippen LogP contribution in [0.3, 0.4) is 0 Å². The maximum atomic E-state index is 10.9. The molecule has 4 aromatic carbocycles. The van der Waals surface area contributed by atoms with Gasteiger partial charge in [0.25, 0.3) is 0 Å². The average Bonchev–Trinajstić information content (AvgIpc) is 3.57. The van der Waals surface area contributed by atoms with Crippen LogP contribution in [0.2, 0.25) is 0 Å². The summed E-state index contributed by atoms with van der Waals surface area (Å²) in [5, 5.41) is 13.1. The first kappa shape index (κ1) is 31.9. The number of hydrogen-bond donors (Lipinski definition) is 1. The van der Waals surface area contributed by atoms with E-state index in [1.54, 1.807) is 23.0 Å². The van der Waals surface area contributed by atoms with Gasteiger partial charge in [-0.3, -0.25) is 4.68 Å². The van der Waals surface area contributed by atoms with Gasteiger partial charge >= 0.3 is 5.97 Å². The van der Waals surface area contributed by atoms with E-state index in [0.29, 0.717) is 24.7 Å². The fraction of sp³-hybridized carbons (Fsp3) is 0.200. The Kier molecular flexibility index (Phi) is 10.0. The molecule has 1 N–H and O–H groups in total. The van der Waals surface area contributed by atoms with Gasteiger partial charge in [-0.25, -0.2) is 4.79 Å². The molecule has 0 saturated carbocycles. The highest BCUT2D eigenvalue weighted by Gasteiger charge is 2.13. The smallest absolute Gasteiger partial charge is 0.341 e. The summed E-state index contributed by atoms with van der Waals surface area (Å²) in [7, 11) is 0. The monoisotopic (exact) mass is 610 g/mol. The molecule has 0 saturated heterocycles. The largest absolute Gasteiger partial charge is 0.489 e. The second-order valence-corrected chi connectivity index (χ2v) is 12.0. The second kappa shape index (κ2) is 14.5. The van der Waals surface area contributed by atoms with Crippen molar-refractivity contribution in [2.45, 2.75) is 39.7 Å². The Balaban J connectivity index is 1.37. The molecule has 1 aromatic heterocycles. The molecule has 0 radical (unpaired) electrons. The van der Waals surface area contributed by atoms with Crippen molar-refractivity contribution in [1.82, 2.24) is 9.78 Å². The van der Waals surface area contributed by atoms with E-state index in [9.17, 15) is 4.79 Å². The van der Waals surface area contributed by atoms with Crippen LogP contribution in [0, 0.1) is 18.8 Å². The van der Waals surface area contributed by atoms with E-state index in [1.807, 2.05) is 37.4 Å². The molecular formula is C40H38N2O4. The van der Waals surface area contributed by atoms with E-state index in [1.165, 1.54) is 11.1 Å². The fourth-order valence-corrected chi connectivity index (χ4v) is 4.99. The number of carboxylic acid groups (broad SMARTS) is 1. The van der Waals surface area contributed by atoms with Crippen LogP contribution < -0.4 is 9.47 Å². The van der Waals surface area contributed by atoms with Crippen LogP contribution in [-0.4, -0.2) is 34.1 Å². The van der Waals surface area contributed by atoms with Gasteiger partial charge in [-0.15, -0.1) is 0 Å². The van der Waals surface area contributed by atoms with Crippen molar-refractivity contribution < 1.29 is 19.4 Å². The Labute approximate surface area is 271 Å². The van der Waals surface area contributed by atoms with E-state index >= 15 is 0 Å². The lowest BCUT2D eigenvalue weighted by Crippen LogP contribution is -2.10. The van der Waals surface area contributed by atoms with Crippen LogP contribution in [0.15, 0.2) is 116 Å². The summed E-state index contributed by atoms with van der Waals surface area (Å²) in [4.78, 5) is 10.9. The molecule has 46 heavy (non-hydrogen) atoms. The number of hydrogen-bond acceptors (Lipinski definition) is 4. The van der Waals surface area contributed by atoms with Crippen molar-refractivity contribution in [2.75, 3.05) is 13.2 Å². The van der Waals surface area contributed by atoms with E-state index in [2.05, 4.69) is 104 Å². The number of benzene rings is 4. The Morgan fingerprint density at radius 1 is 0.891 bits per heavy atom. The van der Waals surface area contributed by atoms with Gasteiger partial charge in [0.1, 0.15) is 24.7 Å². The minimum Gasteiger partial charge on any atom is -0.489 e. The molecule has 6 heteroatoms. The summed E-state index contributed by atoms with van der Waals surface area (Å²) in [5.41, 5.74) is 8.66. The van der Waals surface area contributed by atoms with Gasteiger partial charge in [0.2, 0.25) is 0 Å². The molecule has 0 amide bonds. The van der Waals surface area contributed by atoms with Gasteiger partial charge in [-0.2, -0.15) is 5.10 Å². The van der Waals surface area contributed by atoms with Crippen molar-refractivity contribution in [3.8, 4) is 34.5 Å². The predicted molar refractivity (Wildman–Crippen MR) is 183 cm³/mol. The summed E-state index contributed by atoms with van der Waals surface area (Å²) in [6.07, 6.45) is 5.72. The number of aryl methyl sites for hydroxylation is 1. The maximum Gasteiger partial charge on any atom is 0.341 e. The van der Waals surface area contributed by atoms with Crippen LogP contribution in [0.1, 0.15) is 48.6 Å². The van der Waals surface area contributed by atoms with Crippen LogP contribution in [0.5, 0.6) is 11.5 Å². The van der Waals surface area contributed by atoms with E-state index in [-0.39, 0.29) is 12.0 Å². The Hall–Kier alpha value is -5.54. The first-order valence-electron chi connectivity index (χ1n) is 15.2. The molecule has 0 aliphatic rings. The van der Waals surface area contributed by atoms with E-state index < -0.39 is 5.97 Å². The van der Waals surface area contributed by atoms with Gasteiger partial charge in [0.05, 0.1) is 0 Å². The molecule has 5 aromatic rings. The number of rotatable bonds is 10. The van der Waals surface area contributed by atoms with Gasteiger partial charge < -0.3 is 14.6 Å². The first-order valence-corrected chi connectivity index (χ1v) is 15.2. The normalized spacial score (nSPS) is 11.4. The summed E-state index contributed by atoms with van der Waals surface area (Å²) in [6.45, 7) is 9.03. The fourth-order valence-electron chi connectivity index (χ4n) is 4.99. The third-order valence-corrected chi connectivity index (χ3v) is 7.54. The lowest BCUT2D eigenvalue weighted by Gasteiger charge is -2.19. The highest BCUT2D eigenvalue weighted by atomic mass is 16.5. The molecule has 0 unspecified atom stereocenters. The van der Waals surface area contributed by atoms with Crippen molar-refractivity contribution >= 4 is 11.5 Å². The zero-order valence-electron chi connectivity index (χ0n) is 26.7. The van der Waals surface area contributed by atoms with Crippen molar-refractivity contribution in [3.05, 3.63) is 143 Å². The molecule has 0 aliphatic heterocycles. The highest BCUT2D eigenvalue weighted by Crippen LogP contribution is 2.30. The highest BCUT2D eigenvalue weighted by molar-refractivity contribution is 5.81. The van der Waals surface area contributed by atoms with Crippen LogP contribution in [-0.2, 0) is 16.8 Å². The van der Waals surface area contributed by atoms with Gasteiger partial charge in [0, 0.05) is 18.0 Å². The van der Waals surface area contributed by atoms with Gasteiger partial charge in [-0.1, -0.05) is 93.3 Å². The second-order valence-electron chi connectivity index (χ2n) is 12.0. The van der Waals surface area contributed by atoms with E-state index in [4.69, 9.17) is 14.6 Å². The third kappa shape index (κ3) is 8.55. The van der Waals surface area contributed by atoms with Crippen molar-refractivity contribution in [3.63, 3.8) is 0 Å². The lowest BCUT2D eigenvalue weighted by molar-refractivity contribution is -0.139. The quantitative estimate of drug-likeness (QED) is 0.162.